The van der Waals surface area contributed by atoms with Gasteiger partial charge in [0.1, 0.15) is 5.82 Å². The van der Waals surface area contributed by atoms with Crippen LogP contribution >= 0.6 is 0 Å². The molecule has 1 saturated heterocycles. The molecule has 4 rings (SSSR count). The summed E-state index contributed by atoms with van der Waals surface area (Å²) in [4.78, 5) is 18.1. The van der Waals surface area contributed by atoms with E-state index in [4.69, 9.17) is 4.74 Å². The molecule has 9 heteroatoms. The van der Waals surface area contributed by atoms with E-state index in [0.29, 0.717) is 39.0 Å². The van der Waals surface area contributed by atoms with Crippen molar-refractivity contribution in [3.05, 3.63) is 30.1 Å². The molecule has 1 amide bonds. The van der Waals surface area contributed by atoms with Crippen molar-refractivity contribution in [2.75, 3.05) is 26.0 Å². The number of benzene rings is 1. The quantitative estimate of drug-likeness (QED) is 0.748. The second-order valence-electron chi connectivity index (χ2n) is 8.35. The second kappa shape index (κ2) is 8.28. The van der Waals surface area contributed by atoms with Gasteiger partial charge in [-0.05, 0) is 31.4 Å². The number of carbonyl (C=O) groups is 1. The van der Waals surface area contributed by atoms with Gasteiger partial charge in [-0.2, -0.15) is 4.31 Å². The number of hydrogen-bond acceptors (Lipinski definition) is 5. The summed E-state index contributed by atoms with van der Waals surface area (Å²) in [5.41, 5.74) is 1.24. The van der Waals surface area contributed by atoms with E-state index < -0.39 is 15.4 Å². The lowest BCUT2D eigenvalue weighted by Gasteiger charge is -2.50. The molecule has 1 aromatic heterocycles. The van der Waals surface area contributed by atoms with Gasteiger partial charge in [0.15, 0.2) is 0 Å². The van der Waals surface area contributed by atoms with E-state index in [0.717, 1.165) is 29.7 Å². The zero-order chi connectivity index (χ0) is 21.4. The zero-order valence-corrected chi connectivity index (χ0v) is 18.5. The molecule has 1 aliphatic carbocycles. The highest BCUT2D eigenvalue weighted by Gasteiger charge is 2.55. The van der Waals surface area contributed by atoms with Gasteiger partial charge < -0.3 is 14.6 Å². The van der Waals surface area contributed by atoms with Gasteiger partial charge in [0, 0.05) is 26.7 Å². The molecule has 1 N–H and O–H groups in total. The SMILES string of the molecule is COCCN1[C@@H]2CCCC[C@@]2(C(=O)NCc2nc3ccccc3n2C)CCS1(=O)=O. The van der Waals surface area contributed by atoms with Gasteiger partial charge in [0.25, 0.3) is 0 Å². The van der Waals surface area contributed by atoms with Crippen LogP contribution < -0.4 is 5.32 Å². The Labute approximate surface area is 177 Å². The molecule has 0 radical (unpaired) electrons. The first-order valence-electron chi connectivity index (χ1n) is 10.6. The smallest absolute Gasteiger partial charge is 0.228 e. The molecule has 2 heterocycles. The summed E-state index contributed by atoms with van der Waals surface area (Å²) >= 11 is 0. The third-order valence-electron chi connectivity index (χ3n) is 6.75. The number of sulfonamides is 1. The monoisotopic (exact) mass is 434 g/mol. The fourth-order valence-corrected chi connectivity index (χ4v) is 7.00. The van der Waals surface area contributed by atoms with E-state index in [1.54, 1.807) is 7.11 Å². The topological polar surface area (TPSA) is 93.5 Å². The summed E-state index contributed by atoms with van der Waals surface area (Å²) < 4.78 is 34.2. The van der Waals surface area contributed by atoms with Crippen LogP contribution in [0.25, 0.3) is 11.0 Å². The standard InChI is InChI=1S/C21H30N4O4S/c1-24-17-8-4-3-7-16(17)23-19(24)15-22-20(26)21-10-6-5-9-18(21)25(12-13-29-2)30(27,28)14-11-21/h3-4,7-8,18H,5-6,9-15H2,1-2H3,(H,22,26)/t18-,21-/m1/s1. The van der Waals surface area contributed by atoms with E-state index in [1.165, 1.54) is 4.31 Å². The Bertz CT molecular complexity index is 1030. The van der Waals surface area contributed by atoms with Crippen molar-refractivity contribution in [3.63, 3.8) is 0 Å². The van der Waals surface area contributed by atoms with E-state index in [2.05, 4.69) is 10.3 Å². The number of amides is 1. The molecular formula is C21H30N4O4S. The minimum atomic E-state index is -3.37. The third kappa shape index (κ3) is 3.63. The predicted octanol–water partition coefficient (Wildman–Crippen LogP) is 1.80. The van der Waals surface area contributed by atoms with E-state index >= 15 is 0 Å². The number of hydrogen-bond donors (Lipinski definition) is 1. The van der Waals surface area contributed by atoms with E-state index in [9.17, 15) is 13.2 Å². The molecule has 2 atom stereocenters. The van der Waals surface area contributed by atoms with Crippen molar-refractivity contribution in [2.45, 2.75) is 44.7 Å². The zero-order valence-electron chi connectivity index (χ0n) is 17.6. The van der Waals surface area contributed by atoms with Crippen LogP contribution in [0, 0.1) is 5.41 Å². The van der Waals surface area contributed by atoms with Gasteiger partial charge in [-0.15, -0.1) is 0 Å². The molecule has 1 aliphatic heterocycles. The molecule has 2 aromatic rings. The van der Waals surface area contributed by atoms with Gasteiger partial charge >= 0.3 is 0 Å². The lowest BCUT2D eigenvalue weighted by molar-refractivity contribution is -0.137. The molecule has 30 heavy (non-hydrogen) atoms. The summed E-state index contributed by atoms with van der Waals surface area (Å²) in [7, 11) is 0.134. The molecule has 0 unspecified atom stereocenters. The van der Waals surface area contributed by atoms with Crippen LogP contribution in [0.2, 0.25) is 0 Å². The fraction of sp³-hybridized carbons (Fsp3) is 0.619. The van der Waals surface area contributed by atoms with Crippen LogP contribution in [0.15, 0.2) is 24.3 Å². The first-order chi connectivity index (χ1) is 14.4. The minimum Gasteiger partial charge on any atom is -0.383 e. The largest absolute Gasteiger partial charge is 0.383 e. The lowest BCUT2D eigenvalue weighted by Crippen LogP contribution is -2.63. The van der Waals surface area contributed by atoms with E-state index in [-0.39, 0.29) is 17.7 Å². The summed E-state index contributed by atoms with van der Waals surface area (Å²) in [5.74, 6) is 0.733. The average Bonchev–Trinajstić information content (AvgIpc) is 3.07. The van der Waals surface area contributed by atoms with E-state index in [1.807, 2.05) is 35.9 Å². The van der Waals surface area contributed by atoms with Gasteiger partial charge in [0.05, 0.1) is 35.4 Å². The van der Waals surface area contributed by atoms with Crippen molar-refractivity contribution in [1.82, 2.24) is 19.2 Å². The maximum absolute atomic E-state index is 13.5. The second-order valence-corrected chi connectivity index (χ2v) is 10.4. The highest BCUT2D eigenvalue weighted by molar-refractivity contribution is 7.89. The van der Waals surface area contributed by atoms with Crippen LogP contribution in [0.5, 0.6) is 0 Å². The number of ether oxygens (including phenoxy) is 1. The molecule has 2 aliphatic rings. The Hall–Kier alpha value is -1.97. The van der Waals surface area contributed by atoms with Gasteiger partial charge in [-0.25, -0.2) is 13.4 Å². The molecular weight excluding hydrogens is 404 g/mol. The van der Waals surface area contributed by atoms with Crippen molar-refractivity contribution in [2.24, 2.45) is 12.5 Å². The Morgan fingerprint density at radius 2 is 2.10 bits per heavy atom. The van der Waals surface area contributed by atoms with Crippen molar-refractivity contribution >= 4 is 27.0 Å². The van der Waals surface area contributed by atoms with Crippen molar-refractivity contribution in [3.8, 4) is 0 Å². The Kier molecular flexibility index (Phi) is 5.87. The maximum atomic E-state index is 13.5. The Morgan fingerprint density at radius 3 is 2.87 bits per heavy atom. The number of aromatic nitrogens is 2. The first-order valence-corrected chi connectivity index (χ1v) is 12.2. The Balaban J connectivity index is 1.56. The molecule has 0 spiro atoms. The van der Waals surface area contributed by atoms with Crippen molar-refractivity contribution in [1.29, 1.82) is 0 Å². The number of imidazole rings is 1. The van der Waals surface area contributed by atoms with Crippen molar-refractivity contribution < 1.29 is 17.9 Å². The minimum absolute atomic E-state index is 0.00687. The normalized spacial score (nSPS) is 26.4. The molecule has 1 saturated carbocycles. The summed E-state index contributed by atoms with van der Waals surface area (Å²) in [5, 5.41) is 3.09. The number of carbonyl (C=O) groups excluding carboxylic acids is 1. The first kappa shape index (κ1) is 21.3. The van der Waals surface area contributed by atoms with Crippen LogP contribution in [0.3, 0.4) is 0 Å². The number of rotatable bonds is 6. The van der Waals surface area contributed by atoms with Gasteiger partial charge in [0.2, 0.25) is 15.9 Å². The highest BCUT2D eigenvalue weighted by Crippen LogP contribution is 2.46. The maximum Gasteiger partial charge on any atom is 0.228 e. The fourth-order valence-electron chi connectivity index (χ4n) is 5.10. The molecule has 8 nitrogen and oxygen atoms in total. The van der Waals surface area contributed by atoms with Crippen LogP contribution in [0.1, 0.15) is 37.9 Å². The molecule has 0 bridgehead atoms. The highest BCUT2D eigenvalue weighted by atomic mass is 32.2. The number of aryl methyl sites for hydroxylation is 1. The average molecular weight is 435 g/mol. The molecule has 164 valence electrons. The number of nitrogens with zero attached hydrogens (tertiary/aromatic N) is 3. The summed E-state index contributed by atoms with van der Waals surface area (Å²) in [6.07, 6.45) is 3.67. The van der Waals surface area contributed by atoms with Crippen LogP contribution in [-0.4, -0.2) is 60.2 Å². The summed E-state index contributed by atoms with van der Waals surface area (Å²) in [6.45, 7) is 0.944. The predicted molar refractivity (Wildman–Crippen MR) is 114 cm³/mol. The van der Waals surface area contributed by atoms with Gasteiger partial charge in [-0.1, -0.05) is 25.0 Å². The third-order valence-corrected chi connectivity index (χ3v) is 8.63. The number of para-hydroxylation sites is 2. The Morgan fingerprint density at radius 1 is 1.30 bits per heavy atom. The number of methoxy groups -OCH3 is 1. The lowest BCUT2D eigenvalue weighted by atomic mass is 9.67. The van der Waals surface area contributed by atoms with Gasteiger partial charge in [-0.3, -0.25) is 4.79 Å². The summed E-state index contributed by atoms with van der Waals surface area (Å²) in [6, 6.07) is 7.56. The van der Waals surface area contributed by atoms with Crippen LogP contribution in [-0.2, 0) is 33.1 Å². The number of nitrogens with one attached hydrogen (secondary N) is 1. The number of fused-ring (bicyclic) bond motifs is 2. The van der Waals surface area contributed by atoms with Crippen LogP contribution in [0.4, 0.5) is 0 Å². The molecule has 1 aromatic carbocycles. The molecule has 2 fully saturated rings.